The summed E-state index contributed by atoms with van der Waals surface area (Å²) in [5.41, 5.74) is 0.605. The number of methoxy groups -OCH3 is 1. The number of carbonyl (C=O) groups excluding carboxylic acids is 1. The average molecular weight is 402 g/mol. The molecule has 1 atom stereocenters. The molecule has 1 N–H and O–H groups in total. The molecule has 5 nitrogen and oxygen atoms in total. The summed E-state index contributed by atoms with van der Waals surface area (Å²) in [6.45, 7) is 2.61. The molecule has 1 aromatic carbocycles. The van der Waals surface area contributed by atoms with Crippen LogP contribution in [0.15, 0.2) is 41.0 Å². The van der Waals surface area contributed by atoms with E-state index in [9.17, 15) is 9.18 Å². The van der Waals surface area contributed by atoms with Crippen LogP contribution in [0.1, 0.15) is 39.9 Å². The molecule has 1 aliphatic heterocycles. The third-order valence-corrected chi connectivity index (χ3v) is 6.36. The SMILES string of the molecule is COCc1c(C(=O)NCC(c2ccco2)N2CCCC2)sc2cccc(F)c12. The molecule has 0 spiro atoms. The van der Waals surface area contributed by atoms with Crippen LogP contribution in [-0.4, -0.2) is 37.6 Å². The summed E-state index contributed by atoms with van der Waals surface area (Å²) < 4.78 is 26.0. The summed E-state index contributed by atoms with van der Waals surface area (Å²) in [7, 11) is 1.55. The number of rotatable bonds is 7. The topological polar surface area (TPSA) is 54.7 Å². The number of carbonyl (C=O) groups is 1. The highest BCUT2D eigenvalue weighted by Gasteiger charge is 2.27. The highest BCUT2D eigenvalue weighted by atomic mass is 32.1. The fourth-order valence-corrected chi connectivity index (χ4v) is 4.98. The van der Waals surface area contributed by atoms with E-state index in [1.807, 2.05) is 18.2 Å². The molecule has 1 aliphatic rings. The molecule has 3 aromatic rings. The van der Waals surface area contributed by atoms with Crippen molar-refractivity contribution in [3.05, 3.63) is 58.6 Å². The van der Waals surface area contributed by atoms with Crippen molar-refractivity contribution in [2.75, 3.05) is 26.7 Å². The van der Waals surface area contributed by atoms with Gasteiger partial charge in [-0.2, -0.15) is 0 Å². The lowest BCUT2D eigenvalue weighted by atomic mass is 10.1. The molecule has 3 heterocycles. The molecule has 148 valence electrons. The van der Waals surface area contributed by atoms with Gasteiger partial charge in [-0.3, -0.25) is 9.69 Å². The molecule has 1 saturated heterocycles. The number of ether oxygens (including phenoxy) is 1. The van der Waals surface area contributed by atoms with Gasteiger partial charge in [0.1, 0.15) is 11.6 Å². The van der Waals surface area contributed by atoms with Crippen LogP contribution in [0, 0.1) is 5.82 Å². The molecular weight excluding hydrogens is 379 g/mol. The van der Waals surface area contributed by atoms with E-state index in [4.69, 9.17) is 9.15 Å². The van der Waals surface area contributed by atoms with Crippen LogP contribution in [0.4, 0.5) is 4.39 Å². The fraction of sp³-hybridized carbons (Fsp3) is 0.381. The zero-order chi connectivity index (χ0) is 19.5. The maximum absolute atomic E-state index is 14.4. The monoisotopic (exact) mass is 402 g/mol. The van der Waals surface area contributed by atoms with Crippen molar-refractivity contribution in [3.63, 3.8) is 0 Å². The minimum atomic E-state index is -0.328. The van der Waals surface area contributed by atoms with Crippen molar-refractivity contribution in [3.8, 4) is 0 Å². The summed E-state index contributed by atoms with van der Waals surface area (Å²) >= 11 is 1.30. The van der Waals surface area contributed by atoms with Gasteiger partial charge in [-0.1, -0.05) is 6.07 Å². The van der Waals surface area contributed by atoms with Crippen LogP contribution in [-0.2, 0) is 11.3 Å². The summed E-state index contributed by atoms with van der Waals surface area (Å²) in [6, 6.07) is 8.71. The summed E-state index contributed by atoms with van der Waals surface area (Å²) in [5.74, 6) is 0.315. The normalized spacial score (nSPS) is 15.9. The molecule has 0 radical (unpaired) electrons. The zero-order valence-electron chi connectivity index (χ0n) is 15.7. The standard InChI is InChI=1S/C21H23FN2O3S/c1-26-13-14-19-15(22)6-4-8-18(19)28-20(14)21(25)23-12-16(17-7-5-11-27-17)24-9-2-3-10-24/h4-8,11,16H,2-3,9-10,12-13H2,1H3,(H,23,25). The quantitative estimate of drug-likeness (QED) is 0.639. The first-order valence-electron chi connectivity index (χ1n) is 9.43. The largest absolute Gasteiger partial charge is 0.468 e. The predicted molar refractivity (Wildman–Crippen MR) is 107 cm³/mol. The number of benzene rings is 1. The van der Waals surface area contributed by atoms with E-state index in [0.717, 1.165) is 36.4 Å². The van der Waals surface area contributed by atoms with Gasteiger partial charge in [0.05, 0.1) is 23.8 Å². The van der Waals surface area contributed by atoms with Gasteiger partial charge < -0.3 is 14.5 Å². The molecule has 2 aromatic heterocycles. The molecule has 1 unspecified atom stereocenters. The highest BCUT2D eigenvalue weighted by Crippen LogP contribution is 2.34. The number of halogens is 1. The highest BCUT2D eigenvalue weighted by molar-refractivity contribution is 7.21. The van der Waals surface area contributed by atoms with E-state index in [-0.39, 0.29) is 24.4 Å². The van der Waals surface area contributed by atoms with Gasteiger partial charge in [0.15, 0.2) is 0 Å². The van der Waals surface area contributed by atoms with E-state index >= 15 is 0 Å². The Labute approximate surface area is 167 Å². The predicted octanol–water partition coefficient (Wildman–Crippen LogP) is 4.35. The molecule has 0 aliphatic carbocycles. The minimum absolute atomic E-state index is 0.00144. The molecule has 28 heavy (non-hydrogen) atoms. The zero-order valence-corrected chi connectivity index (χ0v) is 16.6. The summed E-state index contributed by atoms with van der Waals surface area (Å²) in [4.78, 5) is 15.8. The first-order chi connectivity index (χ1) is 13.7. The minimum Gasteiger partial charge on any atom is -0.468 e. The smallest absolute Gasteiger partial charge is 0.261 e. The first-order valence-corrected chi connectivity index (χ1v) is 10.2. The Bertz CT molecular complexity index is 948. The van der Waals surface area contributed by atoms with Crippen molar-refractivity contribution >= 4 is 27.3 Å². The number of fused-ring (bicyclic) bond motifs is 1. The summed E-state index contributed by atoms with van der Waals surface area (Å²) in [5, 5.41) is 3.51. The van der Waals surface area contributed by atoms with Gasteiger partial charge in [-0.25, -0.2) is 4.39 Å². The molecular formula is C21H23FN2O3S. The Morgan fingerprint density at radius 1 is 1.32 bits per heavy atom. The number of hydrogen-bond donors (Lipinski definition) is 1. The average Bonchev–Trinajstić information content (AvgIpc) is 3.44. The third-order valence-electron chi connectivity index (χ3n) is 5.17. The van der Waals surface area contributed by atoms with Crippen LogP contribution >= 0.6 is 11.3 Å². The van der Waals surface area contributed by atoms with E-state index in [1.165, 1.54) is 17.4 Å². The second-order valence-electron chi connectivity index (χ2n) is 6.94. The molecule has 0 saturated carbocycles. The van der Waals surface area contributed by atoms with Crippen LogP contribution < -0.4 is 5.32 Å². The second kappa shape index (κ2) is 8.43. The Morgan fingerprint density at radius 3 is 2.86 bits per heavy atom. The lowest BCUT2D eigenvalue weighted by molar-refractivity contribution is 0.0933. The number of hydrogen-bond acceptors (Lipinski definition) is 5. The van der Waals surface area contributed by atoms with E-state index in [1.54, 1.807) is 19.4 Å². The van der Waals surface area contributed by atoms with Crippen LogP contribution in [0.25, 0.3) is 10.1 Å². The number of amides is 1. The van der Waals surface area contributed by atoms with Crippen LogP contribution in [0.3, 0.4) is 0 Å². The van der Waals surface area contributed by atoms with Crippen molar-refractivity contribution in [2.24, 2.45) is 0 Å². The van der Waals surface area contributed by atoms with Gasteiger partial charge in [0, 0.05) is 29.3 Å². The Kier molecular flexibility index (Phi) is 5.75. The molecule has 1 fully saturated rings. The second-order valence-corrected chi connectivity index (χ2v) is 7.99. The van der Waals surface area contributed by atoms with Crippen molar-refractivity contribution in [1.29, 1.82) is 0 Å². The third kappa shape index (κ3) is 3.70. The molecule has 4 rings (SSSR count). The Morgan fingerprint density at radius 2 is 2.14 bits per heavy atom. The maximum Gasteiger partial charge on any atom is 0.261 e. The molecule has 1 amide bonds. The number of furan rings is 1. The van der Waals surface area contributed by atoms with E-state index in [2.05, 4.69) is 10.2 Å². The summed E-state index contributed by atoms with van der Waals surface area (Å²) in [6.07, 6.45) is 3.96. The van der Waals surface area contributed by atoms with Crippen molar-refractivity contribution < 1.29 is 18.3 Å². The van der Waals surface area contributed by atoms with Crippen LogP contribution in [0.2, 0.25) is 0 Å². The first kappa shape index (κ1) is 19.1. The van der Waals surface area contributed by atoms with Gasteiger partial charge in [-0.15, -0.1) is 11.3 Å². The van der Waals surface area contributed by atoms with Crippen molar-refractivity contribution in [1.82, 2.24) is 10.2 Å². The molecule has 7 heteroatoms. The van der Waals surface area contributed by atoms with Crippen LogP contribution in [0.5, 0.6) is 0 Å². The number of thiophene rings is 1. The number of likely N-dealkylation sites (tertiary alicyclic amines) is 1. The van der Waals surface area contributed by atoms with Gasteiger partial charge in [0.25, 0.3) is 5.91 Å². The Balaban J connectivity index is 1.57. The Hall–Kier alpha value is -2.22. The number of nitrogens with zero attached hydrogens (tertiary/aromatic N) is 1. The van der Waals surface area contributed by atoms with Gasteiger partial charge >= 0.3 is 0 Å². The van der Waals surface area contributed by atoms with Gasteiger partial charge in [0.2, 0.25) is 0 Å². The van der Waals surface area contributed by atoms with Crippen molar-refractivity contribution in [2.45, 2.75) is 25.5 Å². The van der Waals surface area contributed by atoms with E-state index < -0.39 is 0 Å². The lowest BCUT2D eigenvalue weighted by Gasteiger charge is -2.26. The van der Waals surface area contributed by atoms with Gasteiger partial charge in [-0.05, 0) is 50.2 Å². The fourth-order valence-electron chi connectivity index (χ4n) is 3.85. The molecule has 0 bridgehead atoms. The van der Waals surface area contributed by atoms with E-state index in [0.29, 0.717) is 22.4 Å². The lowest BCUT2D eigenvalue weighted by Crippen LogP contribution is -2.36. The maximum atomic E-state index is 14.4. The number of nitrogens with one attached hydrogen (secondary N) is 1.